The van der Waals surface area contributed by atoms with Crippen LogP contribution < -0.4 is 5.73 Å². The van der Waals surface area contributed by atoms with E-state index in [0.717, 1.165) is 0 Å². The molecule has 0 aliphatic rings. The number of nitriles is 1. The fourth-order valence-corrected chi connectivity index (χ4v) is 1.75. The van der Waals surface area contributed by atoms with Crippen molar-refractivity contribution in [2.45, 2.75) is 33.2 Å². The summed E-state index contributed by atoms with van der Waals surface area (Å²) in [5, 5.41) is 8.62. The summed E-state index contributed by atoms with van der Waals surface area (Å²) in [5.74, 6) is 0.222. The van der Waals surface area contributed by atoms with Crippen LogP contribution in [0.5, 0.6) is 0 Å². The molecule has 1 amide bonds. The van der Waals surface area contributed by atoms with E-state index in [1.807, 2.05) is 13.8 Å². The second-order valence-corrected chi connectivity index (χ2v) is 4.42. The first-order valence-electron chi connectivity index (χ1n) is 5.87. The lowest BCUT2D eigenvalue weighted by Gasteiger charge is -2.26. The van der Waals surface area contributed by atoms with Crippen molar-refractivity contribution in [1.82, 2.24) is 9.88 Å². The summed E-state index contributed by atoms with van der Waals surface area (Å²) in [6, 6.07) is 5.37. The molecule has 0 saturated carbocycles. The van der Waals surface area contributed by atoms with E-state index in [4.69, 9.17) is 11.0 Å². The first-order valence-corrected chi connectivity index (χ1v) is 5.87. The van der Waals surface area contributed by atoms with Gasteiger partial charge in [-0.25, -0.2) is 4.98 Å². The second kappa shape index (κ2) is 6.01. The summed E-state index contributed by atoms with van der Waals surface area (Å²) in [4.78, 5) is 18.0. The van der Waals surface area contributed by atoms with Crippen LogP contribution in [0.15, 0.2) is 12.1 Å². The SMILES string of the molecule is Cc1cc(C(=O)N(CCC#N)C(C)C)cc(N)n1. The number of amides is 1. The highest BCUT2D eigenvalue weighted by Gasteiger charge is 2.19. The van der Waals surface area contributed by atoms with Crippen molar-refractivity contribution in [3.63, 3.8) is 0 Å². The molecule has 96 valence electrons. The van der Waals surface area contributed by atoms with E-state index in [0.29, 0.717) is 30.0 Å². The highest BCUT2D eigenvalue weighted by Crippen LogP contribution is 2.12. The number of nitrogen functional groups attached to an aromatic ring is 1. The van der Waals surface area contributed by atoms with E-state index in [2.05, 4.69) is 11.1 Å². The molecule has 5 heteroatoms. The van der Waals surface area contributed by atoms with Crippen LogP contribution >= 0.6 is 0 Å². The number of carbonyl (C=O) groups excluding carboxylic acids is 1. The largest absolute Gasteiger partial charge is 0.384 e. The lowest BCUT2D eigenvalue weighted by atomic mass is 10.1. The number of anilines is 1. The molecular formula is C13H18N4O. The van der Waals surface area contributed by atoms with Gasteiger partial charge in [0.15, 0.2) is 0 Å². The minimum absolute atomic E-state index is 0.0422. The summed E-state index contributed by atoms with van der Waals surface area (Å²) in [5.41, 5.74) is 6.87. The summed E-state index contributed by atoms with van der Waals surface area (Å²) in [6.45, 7) is 6.07. The standard InChI is InChI=1S/C13H18N4O/c1-9(2)17(6-4-5-14)13(18)11-7-10(3)16-12(15)8-11/h7-9H,4,6H2,1-3H3,(H2,15,16). The number of hydrogen-bond acceptors (Lipinski definition) is 4. The predicted octanol–water partition coefficient (Wildman–Crippen LogP) is 1.74. The zero-order chi connectivity index (χ0) is 13.7. The van der Waals surface area contributed by atoms with Crippen LogP contribution in [0.4, 0.5) is 5.82 Å². The molecule has 5 nitrogen and oxygen atoms in total. The second-order valence-electron chi connectivity index (χ2n) is 4.42. The topological polar surface area (TPSA) is 83.0 Å². The van der Waals surface area contributed by atoms with Crippen LogP contribution in [-0.4, -0.2) is 28.4 Å². The van der Waals surface area contributed by atoms with Crippen LogP contribution in [0.3, 0.4) is 0 Å². The summed E-state index contributed by atoms with van der Waals surface area (Å²) in [6.07, 6.45) is 0.323. The Hall–Kier alpha value is -2.09. The minimum atomic E-state index is -0.113. The van der Waals surface area contributed by atoms with E-state index in [-0.39, 0.29) is 11.9 Å². The quantitative estimate of drug-likeness (QED) is 0.877. The Balaban J connectivity index is 2.98. The number of carbonyl (C=O) groups is 1. The van der Waals surface area contributed by atoms with Crippen LogP contribution in [0.25, 0.3) is 0 Å². The van der Waals surface area contributed by atoms with Gasteiger partial charge in [0, 0.05) is 23.8 Å². The summed E-state index contributed by atoms with van der Waals surface area (Å²) < 4.78 is 0. The first-order chi connectivity index (χ1) is 8.45. The lowest BCUT2D eigenvalue weighted by Crippen LogP contribution is -2.37. The molecule has 1 rings (SSSR count). The van der Waals surface area contributed by atoms with Gasteiger partial charge in [0.1, 0.15) is 5.82 Å². The maximum absolute atomic E-state index is 12.3. The third-order valence-corrected chi connectivity index (χ3v) is 2.57. The monoisotopic (exact) mass is 246 g/mol. The molecule has 0 unspecified atom stereocenters. The van der Waals surface area contributed by atoms with Crippen molar-refractivity contribution < 1.29 is 4.79 Å². The molecule has 0 aliphatic heterocycles. The Labute approximate surface area is 107 Å². The number of aromatic nitrogens is 1. The van der Waals surface area contributed by atoms with E-state index in [1.54, 1.807) is 24.0 Å². The third kappa shape index (κ3) is 3.45. The molecule has 1 aromatic heterocycles. The molecular weight excluding hydrogens is 228 g/mol. The van der Waals surface area contributed by atoms with Crippen molar-refractivity contribution in [2.24, 2.45) is 0 Å². The van der Waals surface area contributed by atoms with E-state index >= 15 is 0 Å². The van der Waals surface area contributed by atoms with Gasteiger partial charge < -0.3 is 10.6 Å². The molecule has 0 atom stereocenters. The van der Waals surface area contributed by atoms with Gasteiger partial charge >= 0.3 is 0 Å². The van der Waals surface area contributed by atoms with Gasteiger partial charge in [0.2, 0.25) is 0 Å². The Kier molecular flexibility index (Phi) is 4.67. The molecule has 0 aromatic carbocycles. The molecule has 0 bridgehead atoms. The Bertz CT molecular complexity index is 456. The van der Waals surface area contributed by atoms with Crippen molar-refractivity contribution in [2.75, 3.05) is 12.3 Å². The number of nitrogens with two attached hydrogens (primary N) is 1. The number of nitrogens with zero attached hydrogens (tertiary/aromatic N) is 3. The van der Waals surface area contributed by atoms with Gasteiger partial charge in [-0.15, -0.1) is 0 Å². The minimum Gasteiger partial charge on any atom is -0.384 e. The van der Waals surface area contributed by atoms with Gasteiger partial charge in [-0.05, 0) is 32.9 Å². The van der Waals surface area contributed by atoms with Crippen LogP contribution in [-0.2, 0) is 0 Å². The Morgan fingerprint density at radius 3 is 2.72 bits per heavy atom. The molecule has 1 heterocycles. The molecule has 0 fully saturated rings. The Morgan fingerprint density at radius 2 is 2.22 bits per heavy atom. The molecule has 1 aromatic rings. The summed E-state index contributed by atoms with van der Waals surface area (Å²) >= 11 is 0. The van der Waals surface area contributed by atoms with Gasteiger partial charge in [-0.3, -0.25) is 4.79 Å². The van der Waals surface area contributed by atoms with E-state index < -0.39 is 0 Å². The lowest BCUT2D eigenvalue weighted by molar-refractivity contribution is 0.0710. The maximum Gasteiger partial charge on any atom is 0.254 e. The highest BCUT2D eigenvalue weighted by atomic mass is 16.2. The highest BCUT2D eigenvalue weighted by molar-refractivity contribution is 5.95. The molecule has 0 spiro atoms. The van der Waals surface area contributed by atoms with Crippen LogP contribution in [0.2, 0.25) is 0 Å². The van der Waals surface area contributed by atoms with Crippen molar-refractivity contribution in [3.05, 3.63) is 23.4 Å². The fourth-order valence-electron chi connectivity index (χ4n) is 1.75. The third-order valence-electron chi connectivity index (χ3n) is 2.57. The Morgan fingerprint density at radius 1 is 1.56 bits per heavy atom. The predicted molar refractivity (Wildman–Crippen MR) is 69.8 cm³/mol. The van der Waals surface area contributed by atoms with E-state index in [1.165, 1.54) is 0 Å². The van der Waals surface area contributed by atoms with Gasteiger partial charge in [0.25, 0.3) is 5.91 Å². The average Bonchev–Trinajstić information content (AvgIpc) is 2.27. The van der Waals surface area contributed by atoms with Crippen molar-refractivity contribution in [1.29, 1.82) is 5.26 Å². The number of rotatable bonds is 4. The van der Waals surface area contributed by atoms with Crippen LogP contribution in [0, 0.1) is 18.3 Å². The normalized spacial score (nSPS) is 10.2. The van der Waals surface area contributed by atoms with Gasteiger partial charge in [0.05, 0.1) is 12.5 Å². The maximum atomic E-state index is 12.3. The van der Waals surface area contributed by atoms with E-state index in [9.17, 15) is 4.79 Å². The van der Waals surface area contributed by atoms with Gasteiger partial charge in [-0.1, -0.05) is 0 Å². The fraction of sp³-hybridized carbons (Fsp3) is 0.462. The zero-order valence-electron chi connectivity index (χ0n) is 11.0. The van der Waals surface area contributed by atoms with Crippen molar-refractivity contribution in [3.8, 4) is 6.07 Å². The van der Waals surface area contributed by atoms with Crippen LogP contribution in [0.1, 0.15) is 36.3 Å². The first kappa shape index (κ1) is 14.0. The molecule has 0 aliphatic carbocycles. The van der Waals surface area contributed by atoms with Crippen molar-refractivity contribution >= 4 is 11.7 Å². The average molecular weight is 246 g/mol. The number of pyridine rings is 1. The molecule has 18 heavy (non-hydrogen) atoms. The number of hydrogen-bond donors (Lipinski definition) is 1. The van der Waals surface area contributed by atoms with Gasteiger partial charge in [-0.2, -0.15) is 5.26 Å². The zero-order valence-corrected chi connectivity index (χ0v) is 11.0. The smallest absolute Gasteiger partial charge is 0.254 e. The molecule has 0 radical (unpaired) electrons. The molecule has 2 N–H and O–H groups in total. The summed E-state index contributed by atoms with van der Waals surface area (Å²) in [7, 11) is 0. The molecule has 0 saturated heterocycles. The number of aryl methyl sites for hydroxylation is 1.